The topological polar surface area (TPSA) is 137 Å². The van der Waals surface area contributed by atoms with Crippen molar-refractivity contribution in [3.8, 4) is 0 Å². The van der Waals surface area contributed by atoms with Gasteiger partial charge in [-0.25, -0.2) is 4.98 Å². The van der Waals surface area contributed by atoms with Crippen molar-refractivity contribution < 1.29 is 9.46 Å². The number of thiazole rings is 1. The molecule has 0 aliphatic heterocycles. The molecule has 0 saturated heterocycles. The Morgan fingerprint density at radius 1 is 1.00 bits per heavy atom. The number of nitroso groups, excluding NO2 is 2. The summed E-state index contributed by atoms with van der Waals surface area (Å²) < 4.78 is 11.8. The molecule has 1 aromatic carbocycles. The van der Waals surface area contributed by atoms with Gasteiger partial charge in [0.2, 0.25) is 10.9 Å². The number of anilines is 1. The second-order valence-corrected chi connectivity index (χ2v) is 11.3. The molecule has 2 unspecified atom stereocenters. The monoisotopic (exact) mass is 542 g/mol. The van der Waals surface area contributed by atoms with Gasteiger partial charge in [0.15, 0.2) is 0 Å². The molecule has 2 aromatic rings. The highest BCUT2D eigenvalue weighted by molar-refractivity contribution is 7.57. The van der Waals surface area contributed by atoms with Gasteiger partial charge in [0, 0.05) is 23.7 Å². The van der Waals surface area contributed by atoms with Crippen molar-refractivity contribution in [2.75, 3.05) is 18.0 Å². The zero-order chi connectivity index (χ0) is 25.7. The summed E-state index contributed by atoms with van der Waals surface area (Å²) in [5, 5.41) is 10.5. The number of nitrogens with zero attached hydrogens (tertiary/aromatic N) is 6. The maximum atomic E-state index is 11.8. The highest BCUT2D eigenvalue weighted by Crippen LogP contribution is 2.60. The third-order valence-electron chi connectivity index (χ3n) is 5.40. The molecule has 1 N–H and O–H groups in total. The van der Waals surface area contributed by atoms with Crippen molar-refractivity contribution >= 4 is 47.0 Å². The normalized spacial score (nSPS) is 14.1. The molecule has 1 heterocycles. The van der Waals surface area contributed by atoms with Crippen LogP contribution in [0.3, 0.4) is 0 Å². The van der Waals surface area contributed by atoms with E-state index in [1.165, 1.54) is 38.5 Å². The van der Waals surface area contributed by atoms with Gasteiger partial charge in [-0.1, -0.05) is 75.3 Å². The quantitative estimate of drug-likeness (QED) is 0.0916. The summed E-state index contributed by atoms with van der Waals surface area (Å²) in [6, 6.07) is 7.73. The zero-order valence-corrected chi connectivity index (χ0v) is 22.5. The number of hydrogen-bond acceptors (Lipinski definition) is 9. The molecule has 0 spiro atoms. The first-order chi connectivity index (χ1) is 16.9. The third kappa shape index (κ3) is 9.14. The minimum atomic E-state index is -4.74. The van der Waals surface area contributed by atoms with Gasteiger partial charge in [-0.05, 0) is 42.3 Å². The van der Waals surface area contributed by atoms with Crippen molar-refractivity contribution in [3.05, 3.63) is 44.1 Å². The van der Waals surface area contributed by atoms with Crippen LogP contribution in [0.4, 0.5) is 16.5 Å². The lowest BCUT2D eigenvalue weighted by Gasteiger charge is -2.25. The predicted molar refractivity (Wildman–Crippen MR) is 142 cm³/mol. The fourth-order valence-electron chi connectivity index (χ4n) is 3.47. The van der Waals surface area contributed by atoms with Crippen LogP contribution in [0.15, 0.2) is 44.6 Å². The van der Waals surface area contributed by atoms with Crippen LogP contribution in [0.25, 0.3) is 0 Å². The lowest BCUT2D eigenvalue weighted by atomic mass is 10.1. The molecule has 0 amide bonds. The molecule has 10 nitrogen and oxygen atoms in total. The Balaban J connectivity index is 2.10. The van der Waals surface area contributed by atoms with Gasteiger partial charge in [0.1, 0.15) is 5.15 Å². The van der Waals surface area contributed by atoms with Gasteiger partial charge in [0.05, 0.1) is 10.6 Å². The lowest BCUT2D eigenvalue weighted by Crippen LogP contribution is -2.25. The zero-order valence-electron chi connectivity index (χ0n) is 20.0. The van der Waals surface area contributed by atoms with Crippen LogP contribution in [0, 0.1) is 9.81 Å². The van der Waals surface area contributed by atoms with Crippen LogP contribution in [-0.2, 0) is 4.57 Å². The molecule has 1 aromatic heterocycles. The minimum Gasteiger partial charge on any atom is -0.372 e. The number of unbranched alkanes of at least 4 members (excludes halogenated alkanes) is 6. The van der Waals surface area contributed by atoms with Crippen molar-refractivity contribution in [2.24, 2.45) is 20.4 Å². The number of aromatic nitrogens is 1. The molecular weight excluding hydrogens is 511 g/mol. The second kappa shape index (κ2) is 15.1. The van der Waals surface area contributed by atoms with E-state index in [-0.39, 0.29) is 15.2 Å². The van der Waals surface area contributed by atoms with Crippen molar-refractivity contribution in [3.63, 3.8) is 0 Å². The molecule has 2 rings (SSSR count). The van der Waals surface area contributed by atoms with Crippen LogP contribution < -0.4 is 4.90 Å². The van der Waals surface area contributed by atoms with Gasteiger partial charge in [-0.3, -0.25) is 4.57 Å². The molecule has 0 fully saturated rings. The predicted octanol–water partition coefficient (Wildman–Crippen LogP) is 8.90. The molecule has 192 valence electrons. The molecule has 0 aliphatic rings. The summed E-state index contributed by atoms with van der Waals surface area (Å²) >= 11 is 6.71. The Morgan fingerprint density at radius 3 is 2.11 bits per heavy atom. The van der Waals surface area contributed by atoms with Crippen molar-refractivity contribution in [2.45, 2.75) is 71.0 Å². The third-order valence-corrected chi connectivity index (χ3v) is 8.19. The average molecular weight is 543 g/mol. The summed E-state index contributed by atoms with van der Waals surface area (Å²) in [4.78, 5) is 39.5. The largest absolute Gasteiger partial charge is 0.382 e. The molecule has 0 radical (unpaired) electrons. The summed E-state index contributed by atoms with van der Waals surface area (Å²) in [5.41, 5.74) is 1.72. The Labute approximate surface area is 214 Å². The van der Waals surface area contributed by atoms with Crippen LogP contribution >= 0.6 is 30.5 Å². The smallest absolute Gasteiger partial charge is 0.372 e. The second-order valence-electron chi connectivity index (χ2n) is 8.13. The SMILES string of the molecule is CCCCCCN(CCCCCC)c1ccc(/N=N/c2nc(Cl)c(C(N=O)P(=O)(O)N=O)s2)cc1. The van der Waals surface area contributed by atoms with E-state index < -0.39 is 13.3 Å². The van der Waals surface area contributed by atoms with E-state index in [1.54, 1.807) is 0 Å². The van der Waals surface area contributed by atoms with E-state index in [9.17, 15) is 19.3 Å². The Kier molecular flexibility index (Phi) is 12.6. The molecule has 13 heteroatoms. The first kappa shape index (κ1) is 29.2. The Morgan fingerprint density at radius 2 is 1.60 bits per heavy atom. The van der Waals surface area contributed by atoms with Gasteiger partial charge >= 0.3 is 7.52 Å². The number of rotatable bonds is 17. The summed E-state index contributed by atoms with van der Waals surface area (Å²) in [5.74, 6) is -1.92. The maximum absolute atomic E-state index is 11.8. The first-order valence-corrected chi connectivity index (χ1v) is 14.7. The average Bonchev–Trinajstić information content (AvgIpc) is 3.22. The van der Waals surface area contributed by atoms with Crippen LogP contribution in [0.2, 0.25) is 5.15 Å². The summed E-state index contributed by atoms with van der Waals surface area (Å²) in [7, 11) is -4.74. The van der Waals surface area contributed by atoms with E-state index >= 15 is 0 Å². The van der Waals surface area contributed by atoms with E-state index in [2.05, 4.69) is 44.1 Å². The Bertz CT molecular complexity index is 1010. The van der Waals surface area contributed by atoms with Crippen molar-refractivity contribution in [1.29, 1.82) is 0 Å². The fraction of sp³-hybridized carbons (Fsp3) is 0.591. The van der Waals surface area contributed by atoms with Crippen LogP contribution in [0.1, 0.15) is 75.9 Å². The summed E-state index contributed by atoms with van der Waals surface area (Å²) in [6.45, 7) is 6.45. The standard InChI is InChI=1S/C22H32ClN6O4PS/c1-3-5-7-9-15-29(16-10-8-6-4-2)18-13-11-17(12-14-18)25-26-22-24-20(23)19(35-22)21(27-30)34(32,33)28-31/h11-14,21H,3-10,15-16H2,1-2H3,(H,32,33)/b26-25+. The molecule has 0 bridgehead atoms. The van der Waals surface area contributed by atoms with Crippen LogP contribution in [-0.4, -0.2) is 23.0 Å². The fourth-order valence-corrected chi connectivity index (χ4v) is 5.80. The molecule has 0 aliphatic carbocycles. The lowest BCUT2D eigenvalue weighted by molar-refractivity contribution is 0.467. The number of azo groups is 1. The Hall–Kier alpha value is -2.07. The molecule has 35 heavy (non-hydrogen) atoms. The van der Waals surface area contributed by atoms with E-state index in [4.69, 9.17) is 11.6 Å². The first-order valence-electron chi connectivity index (χ1n) is 11.8. The van der Waals surface area contributed by atoms with Gasteiger partial charge in [-0.2, -0.15) is 0 Å². The highest BCUT2D eigenvalue weighted by atomic mass is 35.5. The van der Waals surface area contributed by atoms with Gasteiger partial charge in [-0.15, -0.1) is 20.0 Å². The number of halogens is 1. The highest BCUT2D eigenvalue weighted by Gasteiger charge is 2.39. The maximum Gasteiger partial charge on any atom is 0.382 e. The molecular formula is C22H32ClN6O4PS. The number of hydrogen-bond donors (Lipinski definition) is 1. The number of benzene rings is 1. The van der Waals surface area contributed by atoms with Gasteiger partial charge < -0.3 is 9.79 Å². The molecule has 0 saturated carbocycles. The van der Waals surface area contributed by atoms with Gasteiger partial charge in [0.25, 0.3) is 0 Å². The van der Waals surface area contributed by atoms with E-state index in [0.717, 1.165) is 43.0 Å². The van der Waals surface area contributed by atoms with Crippen LogP contribution in [0.5, 0.6) is 0 Å². The summed E-state index contributed by atoms with van der Waals surface area (Å²) in [6.07, 6.45) is 9.68. The van der Waals surface area contributed by atoms with E-state index in [0.29, 0.717) is 5.69 Å². The van der Waals surface area contributed by atoms with E-state index in [1.807, 2.05) is 24.3 Å². The molecule has 2 atom stereocenters. The minimum absolute atomic E-state index is 0.0575. The van der Waals surface area contributed by atoms with Crippen molar-refractivity contribution in [1.82, 2.24) is 4.98 Å².